The van der Waals surface area contributed by atoms with Crippen molar-refractivity contribution in [2.75, 3.05) is 14.3 Å². The second-order valence-corrected chi connectivity index (χ2v) is 23.6. The normalized spacial score (nSPS) is 13.7. The average Bonchev–Trinajstić information content (AvgIpc) is 3.12. The molecule has 51 heavy (non-hydrogen) atoms. The van der Waals surface area contributed by atoms with Crippen molar-refractivity contribution in [3.05, 3.63) is 11.6 Å². The Morgan fingerprint density at radius 2 is 0.725 bits per heavy atom. The third-order valence-electron chi connectivity index (χ3n) is 12.1. The van der Waals surface area contributed by atoms with Crippen LogP contribution in [0, 0.1) is 23.2 Å². The fourth-order valence-corrected chi connectivity index (χ4v) is 10.0. The van der Waals surface area contributed by atoms with Crippen LogP contribution < -0.4 is 0 Å². The van der Waals surface area contributed by atoms with Crippen molar-refractivity contribution in [3.63, 3.8) is 0 Å². The molecule has 2 heteroatoms. The van der Waals surface area contributed by atoms with Crippen molar-refractivity contribution in [2.24, 2.45) is 17.8 Å². The van der Waals surface area contributed by atoms with E-state index in [2.05, 4.69) is 50.6 Å². The van der Waals surface area contributed by atoms with E-state index in [0.717, 1.165) is 12.1 Å². The monoisotopic (exact) mass is 828 g/mol. The van der Waals surface area contributed by atoms with Gasteiger partial charge in [0.1, 0.15) is 0 Å². The zero-order valence-corrected chi connectivity index (χ0v) is 38.8. The average molecular weight is 828 g/mol. The number of rotatable bonds is 41. The van der Waals surface area contributed by atoms with E-state index in [1.54, 1.807) is 5.57 Å². The van der Waals surface area contributed by atoms with Gasteiger partial charge in [0, 0.05) is 0 Å². The predicted molar refractivity (Wildman–Crippen MR) is 247 cm³/mol. The molecule has 0 fully saturated rings. The van der Waals surface area contributed by atoms with Crippen molar-refractivity contribution in [3.8, 4) is 0 Å². The van der Waals surface area contributed by atoms with Gasteiger partial charge in [0.15, 0.2) is 0 Å². The van der Waals surface area contributed by atoms with E-state index in [-0.39, 0.29) is 0 Å². The third kappa shape index (κ3) is 35.6. The fraction of sp³-hybridized carbons (Fsp3) is 0.939. The van der Waals surface area contributed by atoms with Gasteiger partial charge in [-0.05, 0) is 25.7 Å². The first-order valence-corrected chi connectivity index (χ1v) is 29.4. The fourth-order valence-electron chi connectivity index (χ4n) is 7.94. The number of hydrogen-bond acceptors (Lipinski definition) is 1. The summed E-state index contributed by atoms with van der Waals surface area (Å²) in [7, 11) is 0. The molecule has 0 aromatic rings. The second kappa shape index (κ2) is 39.8. The number of unbranched alkanes of at least 4 members (excludes halogenated alkanes) is 29. The zero-order chi connectivity index (χ0) is 37.6. The molecule has 1 N–H and O–H groups in total. The summed E-state index contributed by atoms with van der Waals surface area (Å²) in [5.74, 6) is 1.54. The summed E-state index contributed by atoms with van der Waals surface area (Å²) in [6, 6.07) is 0. The molecule has 306 valence electrons. The number of hydrogen-bond donors (Lipinski definition) is 1. The van der Waals surface area contributed by atoms with Crippen LogP contribution in [0.5, 0.6) is 0 Å². The van der Waals surface area contributed by atoms with Gasteiger partial charge in [-0.25, -0.2) is 0 Å². The van der Waals surface area contributed by atoms with Gasteiger partial charge in [0.2, 0.25) is 0 Å². The molecule has 1 nitrogen and oxygen atoms in total. The summed E-state index contributed by atoms with van der Waals surface area (Å²) in [5.41, 5.74) is 2.77. The van der Waals surface area contributed by atoms with E-state index in [4.69, 9.17) is 5.41 Å². The molecule has 0 radical (unpaired) electrons. The maximum atomic E-state index is 8.87. The number of alkyl halides is 3. The predicted octanol–water partition coefficient (Wildman–Crippen LogP) is 18.3. The molecule has 0 saturated carbocycles. The van der Waals surface area contributed by atoms with Gasteiger partial charge >= 0.3 is 128 Å². The van der Waals surface area contributed by atoms with Crippen molar-refractivity contribution in [1.82, 2.24) is 0 Å². The Labute approximate surface area is 332 Å². The van der Waals surface area contributed by atoms with Crippen LogP contribution in [0.25, 0.3) is 0 Å². The van der Waals surface area contributed by atoms with Gasteiger partial charge in [-0.1, -0.05) is 181 Å². The molecule has 0 saturated heterocycles. The Morgan fingerprint density at radius 3 is 1.06 bits per heavy atom. The van der Waals surface area contributed by atoms with Gasteiger partial charge in [-0.2, -0.15) is 0 Å². The molecule has 0 aliphatic heterocycles. The molecule has 0 aliphatic rings. The van der Waals surface area contributed by atoms with Crippen LogP contribution in [0.4, 0.5) is 0 Å². The van der Waals surface area contributed by atoms with Gasteiger partial charge in [0.05, 0.1) is 0 Å². The Bertz CT molecular complexity index is 706. The maximum Gasteiger partial charge on any atom is -0.0320 e. The van der Waals surface area contributed by atoms with E-state index in [1.165, 1.54) is 223 Å². The zero-order valence-electron chi connectivity index (χ0n) is 36.6. The smallest absolute Gasteiger partial charge is 0.0320 e. The minimum Gasteiger partial charge on any atom is -0.0654 e. The molecular formula is C49H98IN. The van der Waals surface area contributed by atoms with E-state index in [1.807, 2.05) is 0 Å². The molecule has 0 aromatic heterocycles. The van der Waals surface area contributed by atoms with Gasteiger partial charge in [-0.15, -0.1) is 0 Å². The molecule has 0 heterocycles. The largest absolute Gasteiger partial charge is 0.0654 e. The summed E-state index contributed by atoms with van der Waals surface area (Å²) in [6.07, 6.45) is 52.0. The topological polar surface area (TPSA) is 23.9 Å². The van der Waals surface area contributed by atoms with Crippen LogP contribution in [-0.2, 0) is 0 Å². The van der Waals surface area contributed by atoms with Crippen molar-refractivity contribution >= 4 is 25.5 Å². The molecular weight excluding hydrogens is 729 g/mol. The summed E-state index contributed by atoms with van der Waals surface area (Å²) >= 11 is -0.545. The van der Waals surface area contributed by atoms with Crippen LogP contribution in [0.2, 0.25) is 0 Å². The van der Waals surface area contributed by atoms with Gasteiger partial charge < -0.3 is 0 Å². The molecule has 3 unspecified atom stereocenters. The first-order valence-electron chi connectivity index (χ1n) is 23.6. The van der Waals surface area contributed by atoms with E-state index in [0.29, 0.717) is 17.8 Å². The summed E-state index contributed by atoms with van der Waals surface area (Å²) in [4.78, 5) is 4.98. The molecule has 0 bridgehead atoms. The number of allylic oxidation sites excluding steroid dienone is 2. The van der Waals surface area contributed by atoms with Crippen molar-refractivity contribution in [2.45, 2.75) is 259 Å². The summed E-state index contributed by atoms with van der Waals surface area (Å²) < 4.78 is 1.51. The minimum atomic E-state index is -0.545. The molecule has 0 rings (SSSR count). The molecule has 0 spiro atoms. The first kappa shape index (κ1) is 51.1. The summed E-state index contributed by atoms with van der Waals surface area (Å²) in [6.45, 7) is 11.9. The number of nitrogens with one attached hydrogen (secondary N) is 1. The minimum absolute atomic E-state index is 0.406. The van der Waals surface area contributed by atoms with Crippen LogP contribution in [-0.4, -0.2) is 20.0 Å². The Kier molecular flexibility index (Phi) is 39.9. The molecule has 0 aliphatic carbocycles. The number of halogens is 1. The SMILES string of the molecule is CCCCCCCCCCCCCCCCC(=CC(C)C(C)C(C)C(=N)CCCCCCI(C)C)CCCCCCCCCCCCCCCC. The van der Waals surface area contributed by atoms with Crippen LogP contribution in [0.15, 0.2) is 11.6 Å². The maximum absolute atomic E-state index is 8.87. The Balaban J connectivity index is 4.52. The third-order valence-corrected chi connectivity index (χ3v) is 15.0. The van der Waals surface area contributed by atoms with Crippen LogP contribution >= 0.6 is 19.8 Å². The van der Waals surface area contributed by atoms with Gasteiger partial charge in [0.25, 0.3) is 0 Å². The first-order chi connectivity index (χ1) is 24.8. The molecule has 0 aromatic carbocycles. The second-order valence-electron chi connectivity index (χ2n) is 17.3. The van der Waals surface area contributed by atoms with E-state index >= 15 is 0 Å². The Morgan fingerprint density at radius 1 is 0.431 bits per heavy atom. The van der Waals surface area contributed by atoms with Crippen LogP contribution in [0.1, 0.15) is 259 Å². The van der Waals surface area contributed by atoms with Gasteiger partial charge in [-0.3, -0.25) is 0 Å². The van der Waals surface area contributed by atoms with E-state index in [9.17, 15) is 0 Å². The molecule has 3 atom stereocenters. The Hall–Kier alpha value is 0.140. The van der Waals surface area contributed by atoms with E-state index < -0.39 is 19.8 Å². The standard InChI is InChI=1S/C49H98IN/c1-8-10-12-14-16-18-20-22-24-26-28-30-32-36-40-48(41-37-33-31-29-27-25-23-21-19-17-15-13-11-9-2)44-45(3)46(4)47(5)49(51)42-38-34-35-39-43-50(6)7/h44-47,51H,8-43H2,1-7H3. The summed E-state index contributed by atoms with van der Waals surface area (Å²) in [5, 5.41) is 8.87. The quantitative estimate of drug-likeness (QED) is 0.0209. The molecule has 0 amide bonds. The van der Waals surface area contributed by atoms with Crippen molar-refractivity contribution in [1.29, 1.82) is 5.41 Å². The van der Waals surface area contributed by atoms with Crippen molar-refractivity contribution < 1.29 is 0 Å². The van der Waals surface area contributed by atoms with Crippen LogP contribution in [0.3, 0.4) is 0 Å².